The van der Waals surface area contributed by atoms with Crippen LogP contribution >= 0.6 is 0 Å². The van der Waals surface area contributed by atoms with Crippen LogP contribution in [0.15, 0.2) is 24.3 Å². The van der Waals surface area contributed by atoms with Gasteiger partial charge in [0.15, 0.2) is 0 Å². The fraction of sp³-hybridized carbons (Fsp3) is 0.467. The van der Waals surface area contributed by atoms with Crippen molar-refractivity contribution < 1.29 is 9.59 Å². The maximum atomic E-state index is 11.7. The molecule has 0 radical (unpaired) electrons. The molecule has 1 fully saturated rings. The van der Waals surface area contributed by atoms with Crippen LogP contribution in [0.3, 0.4) is 0 Å². The summed E-state index contributed by atoms with van der Waals surface area (Å²) in [7, 11) is 0. The molecule has 0 bridgehead atoms. The molecule has 1 aromatic rings. The average molecular weight is 260 g/mol. The quantitative estimate of drug-likeness (QED) is 0.818. The average Bonchev–Trinajstić information content (AvgIpc) is 2.35. The molecule has 19 heavy (non-hydrogen) atoms. The molecular formula is C15H20N2O2. The zero-order valence-corrected chi connectivity index (χ0v) is 11.7. The first-order valence-corrected chi connectivity index (χ1v) is 6.54. The van der Waals surface area contributed by atoms with E-state index in [1.165, 1.54) is 5.56 Å². The number of nitrogens with zero attached hydrogens (tertiary/aromatic N) is 1. The molecule has 0 aliphatic carbocycles. The van der Waals surface area contributed by atoms with E-state index < -0.39 is 11.8 Å². The standard InChI is InChI=1S/C15H20N2O2/c1-15(2,3)12-6-4-11(5-7-12)10-17-9-8-16-13(18)14(17)19/h4-7H,8-10H2,1-3H3,(H,16,18). The second kappa shape index (κ2) is 5.03. The highest BCUT2D eigenvalue weighted by Crippen LogP contribution is 2.22. The Labute approximate surface area is 113 Å². The van der Waals surface area contributed by atoms with Crippen LogP contribution < -0.4 is 5.32 Å². The SMILES string of the molecule is CC(C)(C)c1ccc(CN2CCNC(=O)C2=O)cc1. The molecule has 1 saturated heterocycles. The summed E-state index contributed by atoms with van der Waals surface area (Å²) in [5.41, 5.74) is 2.44. The van der Waals surface area contributed by atoms with Crippen LogP contribution in [0.4, 0.5) is 0 Å². The van der Waals surface area contributed by atoms with Gasteiger partial charge in [0.25, 0.3) is 0 Å². The Bertz CT molecular complexity index is 486. The molecule has 4 heteroatoms. The van der Waals surface area contributed by atoms with Crippen LogP contribution in [0.2, 0.25) is 0 Å². The molecule has 0 saturated carbocycles. The molecule has 4 nitrogen and oxygen atoms in total. The molecule has 1 heterocycles. The first-order valence-electron chi connectivity index (χ1n) is 6.54. The lowest BCUT2D eigenvalue weighted by Crippen LogP contribution is -2.51. The fourth-order valence-electron chi connectivity index (χ4n) is 2.11. The lowest BCUT2D eigenvalue weighted by atomic mass is 9.87. The summed E-state index contributed by atoms with van der Waals surface area (Å²) in [5.74, 6) is -0.941. The van der Waals surface area contributed by atoms with Gasteiger partial charge in [-0.15, -0.1) is 0 Å². The Balaban J connectivity index is 2.07. The molecule has 1 aliphatic heterocycles. The van der Waals surface area contributed by atoms with Crippen LogP contribution in [0.5, 0.6) is 0 Å². The smallest absolute Gasteiger partial charge is 0.312 e. The number of carbonyl (C=O) groups excluding carboxylic acids is 2. The second-order valence-corrected chi connectivity index (χ2v) is 5.93. The van der Waals surface area contributed by atoms with Gasteiger partial charge >= 0.3 is 11.8 Å². The second-order valence-electron chi connectivity index (χ2n) is 5.93. The van der Waals surface area contributed by atoms with Crippen molar-refractivity contribution in [2.45, 2.75) is 32.7 Å². The van der Waals surface area contributed by atoms with Crippen molar-refractivity contribution in [1.82, 2.24) is 10.2 Å². The van der Waals surface area contributed by atoms with E-state index in [9.17, 15) is 9.59 Å². The summed E-state index contributed by atoms with van der Waals surface area (Å²) in [4.78, 5) is 24.5. The Morgan fingerprint density at radius 1 is 1.16 bits per heavy atom. The number of rotatable bonds is 2. The molecule has 0 spiro atoms. The Kier molecular flexibility index (Phi) is 3.60. The molecule has 0 aromatic heterocycles. The Morgan fingerprint density at radius 3 is 2.37 bits per heavy atom. The number of nitrogens with one attached hydrogen (secondary N) is 1. The fourth-order valence-corrected chi connectivity index (χ4v) is 2.11. The number of hydrogen-bond donors (Lipinski definition) is 1. The predicted octanol–water partition coefficient (Wildman–Crippen LogP) is 1.44. The lowest BCUT2D eigenvalue weighted by Gasteiger charge is -2.26. The molecule has 2 amide bonds. The summed E-state index contributed by atoms with van der Waals surface area (Å²) in [6.07, 6.45) is 0. The van der Waals surface area contributed by atoms with Gasteiger partial charge in [0.05, 0.1) is 0 Å². The van der Waals surface area contributed by atoms with Gasteiger partial charge in [0, 0.05) is 19.6 Å². The maximum Gasteiger partial charge on any atom is 0.312 e. The monoisotopic (exact) mass is 260 g/mol. The minimum absolute atomic E-state index is 0.124. The maximum absolute atomic E-state index is 11.7. The molecule has 1 aromatic carbocycles. The molecule has 102 valence electrons. The molecule has 0 unspecified atom stereocenters. The van der Waals surface area contributed by atoms with Crippen molar-refractivity contribution in [1.29, 1.82) is 0 Å². The number of benzene rings is 1. The predicted molar refractivity (Wildman–Crippen MR) is 73.6 cm³/mol. The van der Waals surface area contributed by atoms with Crippen molar-refractivity contribution >= 4 is 11.8 Å². The van der Waals surface area contributed by atoms with E-state index in [-0.39, 0.29) is 5.41 Å². The molecule has 1 aliphatic rings. The molecule has 1 N–H and O–H groups in total. The number of amides is 2. The van der Waals surface area contributed by atoms with E-state index in [1.54, 1.807) is 4.90 Å². The van der Waals surface area contributed by atoms with E-state index in [0.29, 0.717) is 19.6 Å². The minimum atomic E-state index is -0.502. The number of hydrogen-bond acceptors (Lipinski definition) is 2. The van der Waals surface area contributed by atoms with Gasteiger partial charge in [-0.05, 0) is 16.5 Å². The largest absolute Gasteiger partial charge is 0.346 e. The van der Waals surface area contributed by atoms with Gasteiger partial charge in [0.1, 0.15) is 0 Å². The van der Waals surface area contributed by atoms with Gasteiger partial charge in [0.2, 0.25) is 0 Å². The van der Waals surface area contributed by atoms with Gasteiger partial charge in [-0.1, -0.05) is 45.0 Å². The van der Waals surface area contributed by atoms with Gasteiger partial charge in [-0.25, -0.2) is 0 Å². The van der Waals surface area contributed by atoms with Crippen LogP contribution in [0.1, 0.15) is 31.9 Å². The molecule has 2 rings (SSSR count). The van der Waals surface area contributed by atoms with E-state index in [4.69, 9.17) is 0 Å². The summed E-state index contributed by atoms with van der Waals surface area (Å²) in [5, 5.41) is 2.55. The zero-order valence-electron chi connectivity index (χ0n) is 11.7. The van der Waals surface area contributed by atoms with E-state index in [1.807, 2.05) is 12.1 Å². The summed E-state index contributed by atoms with van der Waals surface area (Å²) >= 11 is 0. The minimum Gasteiger partial charge on any atom is -0.346 e. The summed E-state index contributed by atoms with van der Waals surface area (Å²) in [6.45, 7) is 8.11. The van der Waals surface area contributed by atoms with Crippen molar-refractivity contribution in [2.24, 2.45) is 0 Å². The molecule has 0 atom stereocenters. The van der Waals surface area contributed by atoms with Crippen molar-refractivity contribution in [3.8, 4) is 0 Å². The third-order valence-electron chi connectivity index (χ3n) is 3.34. The summed E-state index contributed by atoms with van der Waals surface area (Å²) in [6, 6.07) is 8.23. The van der Waals surface area contributed by atoms with E-state index in [2.05, 4.69) is 38.2 Å². The Morgan fingerprint density at radius 2 is 1.79 bits per heavy atom. The number of carbonyl (C=O) groups is 2. The number of piperazine rings is 1. The van der Waals surface area contributed by atoms with Crippen LogP contribution in [-0.2, 0) is 21.5 Å². The van der Waals surface area contributed by atoms with Crippen LogP contribution in [0.25, 0.3) is 0 Å². The highest BCUT2D eigenvalue weighted by Gasteiger charge is 2.25. The van der Waals surface area contributed by atoms with Crippen LogP contribution in [-0.4, -0.2) is 29.8 Å². The first kappa shape index (κ1) is 13.6. The van der Waals surface area contributed by atoms with E-state index in [0.717, 1.165) is 5.56 Å². The zero-order chi connectivity index (χ0) is 14.0. The first-order chi connectivity index (χ1) is 8.88. The van der Waals surface area contributed by atoms with Gasteiger partial charge in [-0.2, -0.15) is 0 Å². The third-order valence-corrected chi connectivity index (χ3v) is 3.34. The lowest BCUT2D eigenvalue weighted by molar-refractivity contribution is -0.148. The van der Waals surface area contributed by atoms with E-state index >= 15 is 0 Å². The molecular weight excluding hydrogens is 240 g/mol. The van der Waals surface area contributed by atoms with Crippen LogP contribution in [0, 0.1) is 0 Å². The highest BCUT2D eigenvalue weighted by atomic mass is 16.2. The van der Waals surface area contributed by atoms with Gasteiger partial charge < -0.3 is 10.2 Å². The van der Waals surface area contributed by atoms with Crippen molar-refractivity contribution in [3.63, 3.8) is 0 Å². The van der Waals surface area contributed by atoms with Crippen molar-refractivity contribution in [3.05, 3.63) is 35.4 Å². The summed E-state index contributed by atoms with van der Waals surface area (Å²) < 4.78 is 0. The van der Waals surface area contributed by atoms with Gasteiger partial charge in [-0.3, -0.25) is 9.59 Å². The van der Waals surface area contributed by atoms with Crippen molar-refractivity contribution in [2.75, 3.05) is 13.1 Å². The third kappa shape index (κ3) is 3.13. The Hall–Kier alpha value is -1.84. The topological polar surface area (TPSA) is 49.4 Å². The highest BCUT2D eigenvalue weighted by molar-refractivity contribution is 6.35. The normalized spacial score (nSPS) is 16.5.